The lowest BCUT2D eigenvalue weighted by molar-refractivity contribution is -0.139. The number of halogens is 2. The van der Waals surface area contributed by atoms with E-state index >= 15 is 0 Å². The van der Waals surface area contributed by atoms with Crippen LogP contribution in [0.15, 0.2) is 18.2 Å². The van der Waals surface area contributed by atoms with Gasteiger partial charge in [0.2, 0.25) is 11.8 Å². The summed E-state index contributed by atoms with van der Waals surface area (Å²) >= 11 is 0. The van der Waals surface area contributed by atoms with Crippen molar-refractivity contribution in [1.29, 1.82) is 0 Å². The maximum absolute atomic E-state index is 13.4. The Balaban J connectivity index is 1.68. The van der Waals surface area contributed by atoms with Crippen molar-refractivity contribution in [3.05, 3.63) is 29.8 Å². The van der Waals surface area contributed by atoms with Gasteiger partial charge in [-0.25, -0.2) is 8.78 Å². The smallest absolute Gasteiger partial charge is 0.228 e. The van der Waals surface area contributed by atoms with Crippen LogP contribution in [0.4, 0.5) is 14.5 Å². The third-order valence-electron chi connectivity index (χ3n) is 4.73. The van der Waals surface area contributed by atoms with Crippen LogP contribution in [0.25, 0.3) is 0 Å². The first-order chi connectivity index (χ1) is 12.0. The van der Waals surface area contributed by atoms with Gasteiger partial charge in [0.1, 0.15) is 11.6 Å². The van der Waals surface area contributed by atoms with Crippen molar-refractivity contribution < 1.29 is 23.1 Å². The van der Waals surface area contributed by atoms with Gasteiger partial charge in [-0.15, -0.1) is 0 Å². The number of ether oxygens (including phenoxy) is 1. The van der Waals surface area contributed by atoms with Crippen molar-refractivity contribution in [2.75, 3.05) is 31.1 Å². The zero-order valence-electron chi connectivity index (χ0n) is 14.2. The average molecular weight is 352 g/mol. The van der Waals surface area contributed by atoms with Gasteiger partial charge in [0.15, 0.2) is 0 Å². The Morgan fingerprint density at radius 2 is 1.96 bits per heavy atom. The largest absolute Gasteiger partial charge is 0.377 e. The van der Waals surface area contributed by atoms with E-state index < -0.39 is 17.6 Å². The van der Waals surface area contributed by atoms with E-state index in [-0.39, 0.29) is 36.6 Å². The summed E-state index contributed by atoms with van der Waals surface area (Å²) in [5.41, 5.74) is 0.156. The molecule has 0 saturated carbocycles. The summed E-state index contributed by atoms with van der Waals surface area (Å²) in [6.45, 7) is 3.87. The highest BCUT2D eigenvalue weighted by Crippen LogP contribution is 2.28. The van der Waals surface area contributed by atoms with E-state index in [0.29, 0.717) is 19.7 Å². The molecule has 136 valence electrons. The third kappa shape index (κ3) is 3.98. The second-order valence-electron chi connectivity index (χ2n) is 6.54. The molecule has 2 heterocycles. The second-order valence-corrected chi connectivity index (χ2v) is 6.54. The summed E-state index contributed by atoms with van der Waals surface area (Å²) in [6.07, 6.45) is 1.90. The highest BCUT2D eigenvalue weighted by molar-refractivity contribution is 6.00. The normalized spacial score (nSPS) is 24.0. The highest BCUT2D eigenvalue weighted by atomic mass is 19.1. The molecule has 0 N–H and O–H groups in total. The van der Waals surface area contributed by atoms with E-state index in [0.717, 1.165) is 31.0 Å². The number of nitrogens with zero attached hydrogens (tertiary/aromatic N) is 2. The Morgan fingerprint density at radius 3 is 2.64 bits per heavy atom. The number of likely N-dealkylation sites (tertiary alicyclic amines) is 1. The molecule has 2 fully saturated rings. The van der Waals surface area contributed by atoms with Gasteiger partial charge in [-0.1, -0.05) is 0 Å². The number of amides is 2. The molecule has 1 aromatic rings. The van der Waals surface area contributed by atoms with Gasteiger partial charge in [-0.05, 0) is 31.9 Å². The molecule has 1 aromatic carbocycles. The molecular weight excluding hydrogens is 330 g/mol. The lowest BCUT2D eigenvalue weighted by atomic mass is 10.0. The van der Waals surface area contributed by atoms with Crippen molar-refractivity contribution in [2.45, 2.75) is 32.3 Å². The summed E-state index contributed by atoms with van der Waals surface area (Å²) in [4.78, 5) is 28.0. The Kier molecular flexibility index (Phi) is 5.32. The van der Waals surface area contributed by atoms with Crippen molar-refractivity contribution >= 4 is 17.5 Å². The molecule has 2 amide bonds. The van der Waals surface area contributed by atoms with E-state index in [1.165, 1.54) is 4.90 Å². The van der Waals surface area contributed by atoms with E-state index in [9.17, 15) is 18.4 Å². The first-order valence-electron chi connectivity index (χ1n) is 8.64. The van der Waals surface area contributed by atoms with Gasteiger partial charge in [0, 0.05) is 44.4 Å². The summed E-state index contributed by atoms with van der Waals surface area (Å²) in [6, 6.07) is 2.98. The van der Waals surface area contributed by atoms with E-state index in [2.05, 4.69) is 0 Å². The lowest BCUT2D eigenvalue weighted by Gasteiger charge is -2.34. The Labute approximate surface area is 145 Å². The van der Waals surface area contributed by atoms with E-state index in [1.807, 2.05) is 6.92 Å². The first kappa shape index (κ1) is 17.8. The number of benzene rings is 1. The zero-order valence-corrected chi connectivity index (χ0v) is 14.2. The van der Waals surface area contributed by atoms with Crippen molar-refractivity contribution in [3.8, 4) is 0 Å². The van der Waals surface area contributed by atoms with Gasteiger partial charge in [-0.2, -0.15) is 0 Å². The number of rotatable bonds is 4. The molecule has 3 rings (SSSR count). The van der Waals surface area contributed by atoms with E-state index in [4.69, 9.17) is 4.74 Å². The molecule has 25 heavy (non-hydrogen) atoms. The van der Waals surface area contributed by atoms with Crippen LogP contribution in [0.2, 0.25) is 0 Å². The predicted molar refractivity (Wildman–Crippen MR) is 88.0 cm³/mol. The molecule has 2 aliphatic heterocycles. The summed E-state index contributed by atoms with van der Waals surface area (Å²) < 4.78 is 32.4. The van der Waals surface area contributed by atoms with Crippen LogP contribution in [0.3, 0.4) is 0 Å². The van der Waals surface area contributed by atoms with Crippen LogP contribution in [0.5, 0.6) is 0 Å². The predicted octanol–water partition coefficient (Wildman–Crippen LogP) is 2.35. The number of hydrogen-bond donors (Lipinski definition) is 0. The molecule has 2 unspecified atom stereocenters. The minimum Gasteiger partial charge on any atom is -0.377 e. The number of anilines is 1. The molecule has 0 aliphatic carbocycles. The monoisotopic (exact) mass is 352 g/mol. The van der Waals surface area contributed by atoms with Crippen LogP contribution in [0.1, 0.15) is 26.2 Å². The summed E-state index contributed by atoms with van der Waals surface area (Å²) in [7, 11) is 0. The second kappa shape index (κ2) is 7.47. The van der Waals surface area contributed by atoms with Crippen molar-refractivity contribution in [1.82, 2.24) is 4.90 Å². The summed E-state index contributed by atoms with van der Waals surface area (Å²) in [5, 5.41) is 0. The van der Waals surface area contributed by atoms with Crippen molar-refractivity contribution in [2.24, 2.45) is 5.92 Å². The SMILES string of the molecule is CCOC1CCCN(C(=O)C2CC(=O)N(c3cc(F)cc(F)c3)C2)C1. The van der Waals surface area contributed by atoms with E-state index in [1.54, 1.807) is 4.90 Å². The number of carbonyl (C=O) groups is 2. The number of piperidine rings is 1. The molecule has 2 aliphatic rings. The molecule has 2 atom stereocenters. The quantitative estimate of drug-likeness (QED) is 0.836. The molecule has 7 heteroatoms. The van der Waals surface area contributed by atoms with Crippen LogP contribution in [0, 0.1) is 17.6 Å². The maximum Gasteiger partial charge on any atom is 0.228 e. The van der Waals surface area contributed by atoms with Crippen LogP contribution >= 0.6 is 0 Å². The number of carbonyl (C=O) groups excluding carboxylic acids is 2. The van der Waals surface area contributed by atoms with Gasteiger partial charge in [-0.3, -0.25) is 9.59 Å². The molecule has 0 bridgehead atoms. The van der Waals surface area contributed by atoms with Gasteiger partial charge in [0.25, 0.3) is 0 Å². The zero-order chi connectivity index (χ0) is 18.0. The molecule has 0 spiro atoms. The fourth-order valence-corrected chi connectivity index (χ4v) is 3.59. The molecule has 0 radical (unpaired) electrons. The van der Waals surface area contributed by atoms with Crippen LogP contribution < -0.4 is 4.90 Å². The first-order valence-corrected chi connectivity index (χ1v) is 8.64. The fourth-order valence-electron chi connectivity index (χ4n) is 3.59. The molecule has 2 saturated heterocycles. The lowest BCUT2D eigenvalue weighted by Crippen LogP contribution is -2.46. The fraction of sp³-hybridized carbons (Fsp3) is 0.556. The third-order valence-corrected chi connectivity index (χ3v) is 4.73. The average Bonchev–Trinajstić information content (AvgIpc) is 2.96. The van der Waals surface area contributed by atoms with Gasteiger partial charge >= 0.3 is 0 Å². The Morgan fingerprint density at radius 1 is 1.24 bits per heavy atom. The highest BCUT2D eigenvalue weighted by Gasteiger charge is 2.38. The Bertz CT molecular complexity index is 645. The van der Waals surface area contributed by atoms with Crippen LogP contribution in [-0.4, -0.2) is 49.1 Å². The van der Waals surface area contributed by atoms with Gasteiger partial charge in [0.05, 0.1) is 12.0 Å². The summed E-state index contributed by atoms with van der Waals surface area (Å²) in [5.74, 6) is -2.35. The minimum absolute atomic E-state index is 0.0354. The van der Waals surface area contributed by atoms with Crippen molar-refractivity contribution in [3.63, 3.8) is 0 Å². The van der Waals surface area contributed by atoms with Crippen LogP contribution in [-0.2, 0) is 14.3 Å². The Hall–Kier alpha value is -2.02. The minimum atomic E-state index is -0.742. The number of hydrogen-bond acceptors (Lipinski definition) is 3. The molecule has 5 nitrogen and oxygen atoms in total. The molecular formula is C18H22F2N2O3. The van der Waals surface area contributed by atoms with Gasteiger partial charge < -0.3 is 14.5 Å². The maximum atomic E-state index is 13.4. The standard InChI is InChI=1S/C18H22F2N2O3/c1-2-25-16-4-3-5-21(11-16)18(24)12-6-17(23)22(10-12)15-8-13(19)7-14(20)9-15/h7-9,12,16H,2-6,10-11H2,1H3. The topological polar surface area (TPSA) is 49.9 Å². The molecule has 0 aromatic heterocycles.